The number of nitrogens with zero attached hydrogens (tertiary/aromatic N) is 2. The zero-order chi connectivity index (χ0) is 22.5. The minimum atomic E-state index is -0.0464. The molecule has 0 spiro atoms. The van der Waals surface area contributed by atoms with Crippen molar-refractivity contribution in [2.45, 2.75) is 19.4 Å². The fourth-order valence-electron chi connectivity index (χ4n) is 3.87. The van der Waals surface area contributed by atoms with Gasteiger partial charge in [-0.3, -0.25) is 4.79 Å². The van der Waals surface area contributed by atoms with Crippen LogP contribution in [0.25, 0.3) is 33.3 Å². The number of aromatic nitrogens is 2. The smallest absolute Gasteiger partial charge is 0.227 e. The van der Waals surface area contributed by atoms with Crippen molar-refractivity contribution in [3.63, 3.8) is 0 Å². The molecule has 5 aromatic rings. The Hall–Kier alpha value is -4.25. The molecule has 0 fully saturated rings. The second-order valence-corrected chi connectivity index (χ2v) is 7.87. The molecular formula is C28H23N3O2. The monoisotopic (exact) mass is 433 g/mol. The van der Waals surface area contributed by atoms with E-state index in [9.17, 15) is 4.79 Å². The molecule has 0 aliphatic heterocycles. The van der Waals surface area contributed by atoms with Crippen molar-refractivity contribution in [2.75, 3.05) is 0 Å². The zero-order valence-corrected chi connectivity index (χ0v) is 18.1. The SMILES string of the molecule is O=C(CCc1nc(-c2ccc(-c3ccccc3)cc2)no1)NCc1cccc2ccccc12. The highest BCUT2D eigenvalue weighted by Crippen LogP contribution is 2.23. The van der Waals surface area contributed by atoms with Crippen molar-refractivity contribution in [3.8, 4) is 22.5 Å². The van der Waals surface area contributed by atoms with Crippen LogP contribution >= 0.6 is 0 Å². The summed E-state index contributed by atoms with van der Waals surface area (Å²) < 4.78 is 5.36. The molecule has 1 heterocycles. The fourth-order valence-corrected chi connectivity index (χ4v) is 3.87. The van der Waals surface area contributed by atoms with E-state index >= 15 is 0 Å². The molecule has 0 unspecified atom stereocenters. The van der Waals surface area contributed by atoms with E-state index in [0.29, 0.717) is 31.1 Å². The quantitative estimate of drug-likeness (QED) is 0.352. The number of hydrogen-bond acceptors (Lipinski definition) is 4. The number of amides is 1. The van der Waals surface area contributed by atoms with Crippen LogP contribution in [-0.4, -0.2) is 16.0 Å². The molecule has 5 heteroatoms. The summed E-state index contributed by atoms with van der Waals surface area (Å²) in [5, 5.41) is 9.39. The van der Waals surface area contributed by atoms with Gasteiger partial charge in [0.1, 0.15) is 0 Å². The van der Waals surface area contributed by atoms with E-state index in [1.54, 1.807) is 0 Å². The van der Waals surface area contributed by atoms with Crippen LogP contribution in [0.15, 0.2) is 102 Å². The van der Waals surface area contributed by atoms with E-state index < -0.39 is 0 Å². The van der Waals surface area contributed by atoms with Crippen LogP contribution in [0, 0.1) is 0 Å². The summed E-state index contributed by atoms with van der Waals surface area (Å²) in [5.74, 6) is 0.938. The fraction of sp³-hybridized carbons (Fsp3) is 0.107. The van der Waals surface area contributed by atoms with Crippen molar-refractivity contribution >= 4 is 16.7 Å². The molecule has 4 aromatic carbocycles. The first kappa shape index (κ1) is 20.6. The highest BCUT2D eigenvalue weighted by atomic mass is 16.5. The van der Waals surface area contributed by atoms with E-state index in [2.05, 4.69) is 45.8 Å². The minimum absolute atomic E-state index is 0.0464. The molecule has 0 bridgehead atoms. The number of carbonyl (C=O) groups excluding carboxylic acids is 1. The molecule has 0 atom stereocenters. The van der Waals surface area contributed by atoms with Gasteiger partial charge in [0.2, 0.25) is 17.6 Å². The first-order chi connectivity index (χ1) is 16.3. The molecule has 0 saturated carbocycles. The van der Waals surface area contributed by atoms with Crippen LogP contribution in [0.2, 0.25) is 0 Å². The summed E-state index contributed by atoms with van der Waals surface area (Å²) >= 11 is 0. The van der Waals surface area contributed by atoms with Gasteiger partial charge in [0, 0.05) is 24.9 Å². The van der Waals surface area contributed by atoms with Gasteiger partial charge in [-0.05, 0) is 27.5 Å². The minimum Gasteiger partial charge on any atom is -0.352 e. The number of fused-ring (bicyclic) bond motifs is 1. The lowest BCUT2D eigenvalue weighted by molar-refractivity contribution is -0.121. The Morgan fingerprint density at radius 3 is 2.30 bits per heavy atom. The van der Waals surface area contributed by atoms with Gasteiger partial charge in [-0.2, -0.15) is 4.98 Å². The van der Waals surface area contributed by atoms with E-state index in [4.69, 9.17) is 4.52 Å². The Morgan fingerprint density at radius 1 is 0.758 bits per heavy atom. The van der Waals surface area contributed by atoms with Crippen LogP contribution in [-0.2, 0) is 17.8 Å². The van der Waals surface area contributed by atoms with Crippen molar-refractivity contribution in [2.24, 2.45) is 0 Å². The van der Waals surface area contributed by atoms with Crippen LogP contribution < -0.4 is 5.32 Å². The van der Waals surface area contributed by atoms with Crippen molar-refractivity contribution in [1.29, 1.82) is 0 Å². The van der Waals surface area contributed by atoms with Gasteiger partial charge in [-0.1, -0.05) is 102 Å². The van der Waals surface area contributed by atoms with E-state index in [1.807, 2.05) is 66.7 Å². The standard InChI is InChI=1S/C28H23N3O2/c32-26(29-19-24-11-6-10-22-9-4-5-12-25(22)24)17-18-27-30-28(31-33-27)23-15-13-21(14-16-23)20-7-2-1-3-8-20/h1-16H,17-19H2,(H,29,32). The molecule has 0 radical (unpaired) electrons. The van der Waals surface area contributed by atoms with Gasteiger partial charge in [0.25, 0.3) is 0 Å². The average Bonchev–Trinajstić information content (AvgIpc) is 3.36. The summed E-state index contributed by atoms with van der Waals surface area (Å²) in [5.41, 5.74) is 4.27. The van der Waals surface area contributed by atoms with Gasteiger partial charge < -0.3 is 9.84 Å². The van der Waals surface area contributed by atoms with Gasteiger partial charge in [0.05, 0.1) is 0 Å². The van der Waals surface area contributed by atoms with Gasteiger partial charge in [0.15, 0.2) is 0 Å². The van der Waals surface area contributed by atoms with Crippen LogP contribution in [0.1, 0.15) is 17.9 Å². The number of hydrogen-bond donors (Lipinski definition) is 1. The lowest BCUT2D eigenvalue weighted by Gasteiger charge is -2.08. The summed E-state index contributed by atoms with van der Waals surface area (Å²) in [6, 6.07) is 32.5. The molecule has 5 nitrogen and oxygen atoms in total. The topological polar surface area (TPSA) is 68.0 Å². The summed E-state index contributed by atoms with van der Waals surface area (Å²) in [6.07, 6.45) is 0.690. The summed E-state index contributed by atoms with van der Waals surface area (Å²) in [6.45, 7) is 0.489. The molecule has 0 aliphatic rings. The third-order valence-electron chi connectivity index (χ3n) is 5.64. The van der Waals surface area contributed by atoms with E-state index in [0.717, 1.165) is 27.6 Å². The summed E-state index contributed by atoms with van der Waals surface area (Å²) in [7, 11) is 0. The largest absolute Gasteiger partial charge is 0.352 e. The third-order valence-corrected chi connectivity index (χ3v) is 5.64. The van der Waals surface area contributed by atoms with Gasteiger partial charge >= 0.3 is 0 Å². The molecule has 0 aliphatic carbocycles. The second-order valence-electron chi connectivity index (χ2n) is 7.87. The van der Waals surface area contributed by atoms with Crippen molar-refractivity contribution in [1.82, 2.24) is 15.5 Å². The molecular weight excluding hydrogens is 410 g/mol. The van der Waals surface area contributed by atoms with Gasteiger partial charge in [-0.25, -0.2) is 0 Å². The maximum absolute atomic E-state index is 12.4. The lowest BCUT2D eigenvalue weighted by Crippen LogP contribution is -2.23. The Labute approximate surface area is 192 Å². The molecule has 33 heavy (non-hydrogen) atoms. The highest BCUT2D eigenvalue weighted by molar-refractivity contribution is 5.86. The highest BCUT2D eigenvalue weighted by Gasteiger charge is 2.11. The number of carbonyl (C=O) groups is 1. The Bertz CT molecular complexity index is 1370. The number of rotatable bonds is 7. The molecule has 0 saturated heterocycles. The Kier molecular flexibility index (Phi) is 5.93. The van der Waals surface area contributed by atoms with Crippen LogP contribution in [0.3, 0.4) is 0 Å². The maximum atomic E-state index is 12.4. The van der Waals surface area contributed by atoms with Crippen molar-refractivity contribution < 1.29 is 9.32 Å². The first-order valence-electron chi connectivity index (χ1n) is 11.0. The zero-order valence-electron chi connectivity index (χ0n) is 18.1. The first-order valence-corrected chi connectivity index (χ1v) is 11.0. The molecule has 5 rings (SSSR count). The predicted octanol–water partition coefficient (Wildman–Crippen LogP) is 5.81. The maximum Gasteiger partial charge on any atom is 0.227 e. The molecule has 1 amide bonds. The van der Waals surface area contributed by atoms with Crippen molar-refractivity contribution in [3.05, 3.63) is 109 Å². The van der Waals surface area contributed by atoms with Crippen LogP contribution in [0.5, 0.6) is 0 Å². The normalized spacial score (nSPS) is 10.9. The van der Waals surface area contributed by atoms with Crippen LogP contribution in [0.4, 0.5) is 0 Å². The second kappa shape index (κ2) is 9.49. The van der Waals surface area contributed by atoms with E-state index in [-0.39, 0.29) is 5.91 Å². The number of aryl methyl sites for hydroxylation is 1. The Balaban J connectivity index is 1.17. The molecule has 162 valence electrons. The molecule has 1 N–H and O–H groups in total. The average molecular weight is 434 g/mol. The molecule has 1 aromatic heterocycles. The van der Waals surface area contributed by atoms with E-state index in [1.165, 1.54) is 5.39 Å². The third kappa shape index (κ3) is 4.83. The number of nitrogens with one attached hydrogen (secondary N) is 1. The lowest BCUT2D eigenvalue weighted by atomic mass is 10.0. The van der Waals surface area contributed by atoms with Gasteiger partial charge in [-0.15, -0.1) is 0 Å². The summed E-state index contributed by atoms with van der Waals surface area (Å²) in [4.78, 5) is 16.8. The predicted molar refractivity (Wildman–Crippen MR) is 129 cm³/mol. The Morgan fingerprint density at radius 2 is 1.45 bits per heavy atom. The number of benzene rings is 4.